The Bertz CT molecular complexity index is 1180. The molecule has 1 saturated heterocycles. The number of anilines is 1. The predicted molar refractivity (Wildman–Crippen MR) is 136 cm³/mol. The number of aliphatic hydroxyl groups is 1. The zero-order chi connectivity index (χ0) is 23.4. The molecule has 2 N–H and O–H groups in total. The van der Waals surface area contributed by atoms with Gasteiger partial charge in [-0.05, 0) is 91.6 Å². The summed E-state index contributed by atoms with van der Waals surface area (Å²) in [5.74, 6) is 1.00. The Labute approximate surface area is 207 Å². The lowest BCUT2D eigenvalue weighted by atomic mass is 9.73. The average Bonchev–Trinajstić information content (AvgIpc) is 3.38. The van der Waals surface area contributed by atoms with Gasteiger partial charge in [-0.3, -0.25) is 9.71 Å². The number of halogens is 1. The highest BCUT2D eigenvalue weighted by Gasteiger charge is 2.49. The molecule has 7 nitrogen and oxygen atoms in total. The number of nitrogens with one attached hydrogen (secondary N) is 1. The lowest BCUT2D eigenvalue weighted by Crippen LogP contribution is -2.45. The van der Waals surface area contributed by atoms with Crippen molar-refractivity contribution in [3.63, 3.8) is 0 Å². The Hall–Kier alpha value is -1.68. The summed E-state index contributed by atoms with van der Waals surface area (Å²) in [4.78, 5) is 11.8. The summed E-state index contributed by atoms with van der Waals surface area (Å²) in [6, 6.07) is 4.42. The van der Waals surface area contributed by atoms with Crippen molar-refractivity contribution >= 4 is 39.2 Å². The van der Waals surface area contributed by atoms with E-state index in [0.29, 0.717) is 0 Å². The average molecular weight is 532 g/mol. The van der Waals surface area contributed by atoms with Crippen molar-refractivity contribution in [2.45, 2.75) is 64.4 Å². The van der Waals surface area contributed by atoms with Crippen molar-refractivity contribution < 1.29 is 5.11 Å². The van der Waals surface area contributed by atoms with Gasteiger partial charge in [-0.15, -0.1) is 0 Å². The van der Waals surface area contributed by atoms with Crippen molar-refractivity contribution in [1.29, 1.82) is 0 Å². The molecular formula is C24H31BrN6OS. The van der Waals surface area contributed by atoms with Gasteiger partial charge in [0, 0.05) is 30.1 Å². The normalized spacial score (nSPS) is 20.1. The summed E-state index contributed by atoms with van der Waals surface area (Å²) in [6.07, 6.45) is 6.73. The first-order valence-electron chi connectivity index (χ1n) is 11.5. The van der Waals surface area contributed by atoms with E-state index in [4.69, 9.17) is 4.98 Å². The topological polar surface area (TPSA) is 78.6 Å². The molecule has 33 heavy (non-hydrogen) atoms. The Morgan fingerprint density at radius 2 is 2.00 bits per heavy atom. The summed E-state index contributed by atoms with van der Waals surface area (Å²) in [7, 11) is 0. The fourth-order valence-corrected chi connectivity index (χ4v) is 6.50. The van der Waals surface area contributed by atoms with Crippen LogP contribution in [0.4, 0.5) is 5.82 Å². The lowest BCUT2D eigenvalue weighted by Gasteiger charge is -2.44. The fraction of sp³-hybridized carbons (Fsp3) is 0.542. The Kier molecular flexibility index (Phi) is 5.96. The number of rotatable bonds is 4. The SMILES string of the molecule is Cc1nc(N2CCC3(CC2)Cc2c(ccnc2CO)[C@H]3NSC(C)(C)C)c2ccnn2c1Br. The summed E-state index contributed by atoms with van der Waals surface area (Å²) in [6.45, 7) is 10.6. The fourth-order valence-electron chi connectivity index (χ4n) is 5.28. The van der Waals surface area contributed by atoms with E-state index in [1.165, 1.54) is 11.1 Å². The molecule has 0 aromatic carbocycles. The lowest BCUT2D eigenvalue weighted by molar-refractivity contribution is 0.178. The van der Waals surface area contributed by atoms with Crippen LogP contribution in [0.5, 0.6) is 0 Å². The molecule has 3 aromatic rings. The number of piperidine rings is 1. The maximum atomic E-state index is 9.94. The Balaban J connectivity index is 1.45. The standard InChI is InChI=1S/C24H31BrN6OS/c1-15-21(25)31-19(6-10-27-31)22(28-15)30-11-7-24(8-12-30)13-17-16(5-9-26-18(17)14-32)20(24)29-33-23(2,3)4/h5-6,9-10,20,29,32H,7-8,11-14H2,1-4H3/t20-/m1/s1. The highest BCUT2D eigenvalue weighted by molar-refractivity contribution is 9.10. The zero-order valence-corrected chi connectivity index (χ0v) is 22.0. The van der Waals surface area contributed by atoms with Crippen molar-refractivity contribution in [2.75, 3.05) is 18.0 Å². The number of fused-ring (bicyclic) bond motifs is 2. The molecule has 2 aliphatic rings. The number of hydrogen-bond donors (Lipinski definition) is 2. The minimum atomic E-state index is -0.00814. The number of pyridine rings is 1. The van der Waals surface area contributed by atoms with Gasteiger partial charge in [-0.2, -0.15) is 5.10 Å². The molecule has 1 atom stereocenters. The molecule has 0 radical (unpaired) electrons. The molecule has 1 aliphatic carbocycles. The Morgan fingerprint density at radius 3 is 2.70 bits per heavy atom. The molecular weight excluding hydrogens is 500 g/mol. The van der Waals surface area contributed by atoms with Crippen LogP contribution in [-0.2, 0) is 13.0 Å². The molecule has 176 valence electrons. The molecule has 0 bridgehead atoms. The summed E-state index contributed by atoms with van der Waals surface area (Å²) in [5, 5.41) is 14.4. The summed E-state index contributed by atoms with van der Waals surface area (Å²) < 4.78 is 6.78. The van der Waals surface area contributed by atoms with Gasteiger partial charge in [0.2, 0.25) is 0 Å². The first kappa shape index (κ1) is 23.1. The van der Waals surface area contributed by atoms with Crippen LogP contribution in [0.1, 0.15) is 62.2 Å². The molecule has 0 amide bonds. The van der Waals surface area contributed by atoms with Crippen LogP contribution in [-0.4, -0.2) is 42.5 Å². The van der Waals surface area contributed by atoms with Gasteiger partial charge < -0.3 is 10.0 Å². The van der Waals surface area contributed by atoms with E-state index in [0.717, 1.165) is 59.7 Å². The molecule has 1 spiro atoms. The monoisotopic (exact) mass is 530 g/mol. The third-order valence-corrected chi connectivity index (χ3v) is 8.83. The van der Waals surface area contributed by atoms with E-state index in [1.807, 2.05) is 29.9 Å². The van der Waals surface area contributed by atoms with Crippen molar-refractivity contribution in [2.24, 2.45) is 5.41 Å². The predicted octanol–water partition coefficient (Wildman–Crippen LogP) is 4.61. The van der Waals surface area contributed by atoms with E-state index < -0.39 is 0 Å². The van der Waals surface area contributed by atoms with Gasteiger partial charge in [0.15, 0.2) is 5.82 Å². The molecule has 4 heterocycles. The molecule has 0 saturated carbocycles. The van der Waals surface area contributed by atoms with E-state index >= 15 is 0 Å². The van der Waals surface area contributed by atoms with Crippen LogP contribution in [0.2, 0.25) is 0 Å². The number of aliphatic hydroxyl groups excluding tert-OH is 1. The first-order valence-corrected chi connectivity index (χ1v) is 13.1. The van der Waals surface area contributed by atoms with Crippen LogP contribution >= 0.6 is 27.9 Å². The van der Waals surface area contributed by atoms with Crippen LogP contribution in [0, 0.1) is 12.3 Å². The second-order valence-corrected chi connectivity index (χ2v) is 12.6. The third kappa shape index (κ3) is 4.07. The molecule has 9 heteroatoms. The van der Waals surface area contributed by atoms with E-state index in [9.17, 15) is 5.11 Å². The number of aryl methyl sites for hydroxylation is 1. The number of aromatic nitrogens is 4. The Morgan fingerprint density at radius 1 is 1.24 bits per heavy atom. The minimum Gasteiger partial charge on any atom is -0.390 e. The van der Waals surface area contributed by atoms with Crippen LogP contribution in [0.15, 0.2) is 29.1 Å². The quantitative estimate of drug-likeness (QED) is 0.476. The second kappa shape index (κ2) is 8.52. The largest absolute Gasteiger partial charge is 0.390 e. The molecule has 0 unspecified atom stereocenters. The van der Waals surface area contributed by atoms with Gasteiger partial charge in [-0.25, -0.2) is 9.50 Å². The summed E-state index contributed by atoms with van der Waals surface area (Å²) in [5.41, 5.74) is 5.43. The zero-order valence-electron chi connectivity index (χ0n) is 19.6. The third-order valence-electron chi connectivity index (χ3n) is 6.95. The number of hydrogen-bond acceptors (Lipinski definition) is 7. The first-order chi connectivity index (χ1) is 15.7. The minimum absolute atomic E-state index is 0.00814. The molecule has 1 aliphatic heterocycles. The second-order valence-electron chi connectivity index (χ2n) is 10.2. The van der Waals surface area contributed by atoms with Crippen LogP contribution in [0.25, 0.3) is 5.52 Å². The molecule has 3 aromatic heterocycles. The van der Waals surface area contributed by atoms with Gasteiger partial charge in [0.25, 0.3) is 0 Å². The van der Waals surface area contributed by atoms with Gasteiger partial charge in [0.05, 0.1) is 24.2 Å². The van der Waals surface area contributed by atoms with E-state index in [-0.39, 0.29) is 22.8 Å². The van der Waals surface area contributed by atoms with Crippen molar-refractivity contribution in [3.05, 3.63) is 51.6 Å². The van der Waals surface area contributed by atoms with Crippen molar-refractivity contribution in [3.8, 4) is 0 Å². The summed E-state index contributed by atoms with van der Waals surface area (Å²) >= 11 is 5.42. The van der Waals surface area contributed by atoms with Crippen molar-refractivity contribution in [1.82, 2.24) is 24.3 Å². The van der Waals surface area contributed by atoms with Crippen LogP contribution < -0.4 is 9.62 Å². The van der Waals surface area contributed by atoms with Gasteiger partial charge in [0.1, 0.15) is 10.1 Å². The molecule has 1 fully saturated rings. The molecule has 5 rings (SSSR count). The maximum Gasteiger partial charge on any atom is 0.155 e. The van der Waals surface area contributed by atoms with Gasteiger partial charge >= 0.3 is 0 Å². The maximum absolute atomic E-state index is 9.94. The smallest absolute Gasteiger partial charge is 0.155 e. The van der Waals surface area contributed by atoms with E-state index in [1.54, 1.807) is 11.9 Å². The highest BCUT2D eigenvalue weighted by Crippen LogP contribution is 2.54. The van der Waals surface area contributed by atoms with E-state index in [2.05, 4.69) is 62.5 Å². The number of nitrogens with zero attached hydrogens (tertiary/aromatic N) is 5. The highest BCUT2D eigenvalue weighted by atomic mass is 79.9. The van der Waals surface area contributed by atoms with Crippen LogP contribution in [0.3, 0.4) is 0 Å². The van der Waals surface area contributed by atoms with Gasteiger partial charge in [-0.1, -0.05) is 11.9 Å².